The molecule has 0 spiro atoms. The highest BCUT2D eigenvalue weighted by atomic mass is 35.5. The quantitative estimate of drug-likeness (QED) is 0.887. The molecule has 4 heteroatoms. The van der Waals surface area contributed by atoms with Crippen LogP contribution in [0.4, 0.5) is 0 Å². The fourth-order valence-corrected chi connectivity index (χ4v) is 1.44. The number of halogens is 2. The summed E-state index contributed by atoms with van der Waals surface area (Å²) < 4.78 is 5.45. The van der Waals surface area contributed by atoms with Crippen molar-refractivity contribution in [2.45, 2.75) is 26.0 Å². The first kappa shape index (κ1) is 12.8. The molecular formula is C11H15Cl2NO. The maximum absolute atomic E-state index is 5.98. The van der Waals surface area contributed by atoms with Gasteiger partial charge in [-0.15, -0.1) is 0 Å². The van der Waals surface area contributed by atoms with Crippen molar-refractivity contribution in [3.8, 4) is 0 Å². The van der Waals surface area contributed by atoms with E-state index in [0.29, 0.717) is 23.3 Å². The number of hydrogen-bond acceptors (Lipinski definition) is 2. The van der Waals surface area contributed by atoms with Crippen LogP contribution in [0.15, 0.2) is 18.2 Å². The van der Waals surface area contributed by atoms with Gasteiger partial charge in [-0.2, -0.15) is 0 Å². The van der Waals surface area contributed by atoms with Crippen LogP contribution in [0.5, 0.6) is 0 Å². The van der Waals surface area contributed by atoms with Crippen molar-refractivity contribution in [1.82, 2.24) is 0 Å². The van der Waals surface area contributed by atoms with Crippen LogP contribution in [-0.4, -0.2) is 12.1 Å². The second kappa shape index (κ2) is 5.17. The first-order chi connectivity index (χ1) is 6.88. The van der Waals surface area contributed by atoms with Gasteiger partial charge < -0.3 is 10.5 Å². The van der Waals surface area contributed by atoms with Crippen LogP contribution in [-0.2, 0) is 11.3 Å². The molecule has 0 amide bonds. The standard InChI is InChI=1S/C11H15Cl2NO/c1-11(2,14)7-15-6-8-5-9(12)3-4-10(8)13/h3-5H,6-7,14H2,1-2H3. The average molecular weight is 248 g/mol. The lowest BCUT2D eigenvalue weighted by Gasteiger charge is -2.18. The fraction of sp³-hybridized carbons (Fsp3) is 0.455. The van der Waals surface area contributed by atoms with E-state index in [4.69, 9.17) is 33.7 Å². The Bertz CT molecular complexity index is 334. The Morgan fingerprint density at radius 1 is 1.33 bits per heavy atom. The molecule has 2 N–H and O–H groups in total. The van der Waals surface area contributed by atoms with E-state index in [2.05, 4.69) is 0 Å². The second-order valence-electron chi connectivity index (χ2n) is 4.22. The third-order valence-corrected chi connectivity index (χ3v) is 2.34. The van der Waals surface area contributed by atoms with E-state index in [0.717, 1.165) is 5.56 Å². The van der Waals surface area contributed by atoms with Gasteiger partial charge in [0.15, 0.2) is 0 Å². The number of hydrogen-bond donors (Lipinski definition) is 1. The second-order valence-corrected chi connectivity index (χ2v) is 5.06. The molecule has 0 aliphatic rings. The van der Waals surface area contributed by atoms with Crippen LogP contribution >= 0.6 is 23.2 Å². The molecule has 15 heavy (non-hydrogen) atoms. The van der Waals surface area contributed by atoms with Crippen molar-refractivity contribution in [3.05, 3.63) is 33.8 Å². The van der Waals surface area contributed by atoms with Gasteiger partial charge in [-0.3, -0.25) is 0 Å². The summed E-state index contributed by atoms with van der Waals surface area (Å²) in [6, 6.07) is 5.31. The zero-order valence-electron chi connectivity index (χ0n) is 8.89. The third kappa shape index (κ3) is 4.85. The predicted octanol–water partition coefficient (Wildman–Crippen LogP) is 3.25. The van der Waals surface area contributed by atoms with Gasteiger partial charge in [0.2, 0.25) is 0 Å². The number of ether oxygens (including phenoxy) is 1. The third-order valence-electron chi connectivity index (χ3n) is 1.74. The molecule has 0 radical (unpaired) electrons. The molecule has 0 bridgehead atoms. The van der Waals surface area contributed by atoms with Gasteiger partial charge >= 0.3 is 0 Å². The first-order valence-corrected chi connectivity index (χ1v) is 5.45. The Balaban J connectivity index is 2.54. The van der Waals surface area contributed by atoms with E-state index in [1.54, 1.807) is 18.2 Å². The van der Waals surface area contributed by atoms with Crippen molar-refractivity contribution >= 4 is 23.2 Å². The summed E-state index contributed by atoms with van der Waals surface area (Å²) in [5, 5.41) is 1.32. The van der Waals surface area contributed by atoms with Crippen molar-refractivity contribution in [2.75, 3.05) is 6.61 Å². The minimum Gasteiger partial charge on any atom is -0.375 e. The van der Waals surface area contributed by atoms with Crippen LogP contribution in [0.1, 0.15) is 19.4 Å². The average Bonchev–Trinajstić information content (AvgIpc) is 2.09. The maximum Gasteiger partial charge on any atom is 0.0732 e. The van der Waals surface area contributed by atoms with Gasteiger partial charge in [-0.25, -0.2) is 0 Å². The highest BCUT2D eigenvalue weighted by Gasteiger charge is 2.11. The van der Waals surface area contributed by atoms with Crippen LogP contribution < -0.4 is 5.73 Å². The van der Waals surface area contributed by atoms with E-state index < -0.39 is 0 Å². The summed E-state index contributed by atoms with van der Waals surface area (Å²) in [5.41, 5.74) is 6.34. The van der Waals surface area contributed by atoms with Crippen LogP contribution in [0.2, 0.25) is 10.0 Å². The SMILES string of the molecule is CC(C)(N)COCc1cc(Cl)ccc1Cl. The molecule has 0 aromatic heterocycles. The fourth-order valence-electron chi connectivity index (χ4n) is 1.08. The van der Waals surface area contributed by atoms with Gasteiger partial charge in [0, 0.05) is 15.6 Å². The molecule has 0 saturated carbocycles. The van der Waals surface area contributed by atoms with Crippen molar-refractivity contribution < 1.29 is 4.74 Å². The van der Waals surface area contributed by atoms with Crippen LogP contribution in [0.3, 0.4) is 0 Å². The van der Waals surface area contributed by atoms with Gasteiger partial charge in [-0.05, 0) is 37.6 Å². The number of benzene rings is 1. The monoisotopic (exact) mass is 247 g/mol. The molecular weight excluding hydrogens is 233 g/mol. The zero-order chi connectivity index (χ0) is 11.5. The summed E-state index contributed by atoms with van der Waals surface area (Å²) in [7, 11) is 0. The van der Waals surface area contributed by atoms with E-state index in [1.165, 1.54) is 0 Å². The molecule has 0 aliphatic carbocycles. The highest BCUT2D eigenvalue weighted by molar-refractivity contribution is 6.33. The molecule has 2 nitrogen and oxygen atoms in total. The van der Waals surface area contributed by atoms with Crippen LogP contribution in [0, 0.1) is 0 Å². The lowest BCUT2D eigenvalue weighted by atomic mass is 10.1. The van der Waals surface area contributed by atoms with Crippen molar-refractivity contribution in [3.63, 3.8) is 0 Å². The maximum atomic E-state index is 5.98. The molecule has 0 fully saturated rings. The molecule has 1 rings (SSSR count). The Labute approximate surface area is 100 Å². The van der Waals surface area contributed by atoms with Gasteiger partial charge in [0.25, 0.3) is 0 Å². The molecule has 0 saturated heterocycles. The highest BCUT2D eigenvalue weighted by Crippen LogP contribution is 2.21. The predicted molar refractivity (Wildman–Crippen MR) is 64.4 cm³/mol. The minimum absolute atomic E-state index is 0.328. The lowest BCUT2D eigenvalue weighted by molar-refractivity contribution is 0.0851. The van der Waals surface area contributed by atoms with E-state index in [1.807, 2.05) is 13.8 Å². The first-order valence-electron chi connectivity index (χ1n) is 4.69. The summed E-state index contributed by atoms with van der Waals surface area (Å²) in [4.78, 5) is 0. The Morgan fingerprint density at radius 2 is 2.00 bits per heavy atom. The lowest BCUT2D eigenvalue weighted by Crippen LogP contribution is -2.37. The molecule has 0 unspecified atom stereocenters. The van der Waals surface area contributed by atoms with Gasteiger partial charge in [-0.1, -0.05) is 23.2 Å². The summed E-state index contributed by atoms with van der Waals surface area (Å²) in [6.07, 6.45) is 0. The Hall–Kier alpha value is -0.280. The topological polar surface area (TPSA) is 35.2 Å². The molecule has 1 aromatic rings. The normalized spacial score (nSPS) is 11.8. The largest absolute Gasteiger partial charge is 0.375 e. The molecule has 1 aromatic carbocycles. The smallest absolute Gasteiger partial charge is 0.0732 e. The Morgan fingerprint density at radius 3 is 2.60 bits per heavy atom. The molecule has 0 atom stereocenters. The van der Waals surface area contributed by atoms with Crippen molar-refractivity contribution in [1.29, 1.82) is 0 Å². The minimum atomic E-state index is -0.328. The Kier molecular flexibility index (Phi) is 4.41. The van der Waals surface area contributed by atoms with Crippen molar-refractivity contribution in [2.24, 2.45) is 5.73 Å². The summed E-state index contributed by atoms with van der Waals surface area (Å²) >= 11 is 11.8. The zero-order valence-corrected chi connectivity index (χ0v) is 10.4. The van der Waals surface area contributed by atoms with Gasteiger partial charge in [0.1, 0.15) is 0 Å². The van der Waals surface area contributed by atoms with E-state index >= 15 is 0 Å². The molecule has 84 valence electrons. The molecule has 0 aliphatic heterocycles. The van der Waals surface area contributed by atoms with E-state index in [9.17, 15) is 0 Å². The number of nitrogens with two attached hydrogens (primary N) is 1. The summed E-state index contributed by atoms with van der Waals surface area (Å²) in [6.45, 7) is 4.73. The van der Waals surface area contributed by atoms with Gasteiger partial charge in [0.05, 0.1) is 13.2 Å². The van der Waals surface area contributed by atoms with E-state index in [-0.39, 0.29) is 5.54 Å². The van der Waals surface area contributed by atoms with Crippen LogP contribution in [0.25, 0.3) is 0 Å². The summed E-state index contributed by atoms with van der Waals surface area (Å²) in [5.74, 6) is 0. The number of rotatable bonds is 4. The molecule has 0 heterocycles.